The molecular weight excluding hydrogens is 311 g/mol. The van der Waals surface area contributed by atoms with Crippen LogP contribution in [0.2, 0.25) is 10.0 Å². The van der Waals surface area contributed by atoms with Gasteiger partial charge in [-0.05, 0) is 60.1 Å². The molecule has 1 aliphatic carbocycles. The highest BCUT2D eigenvalue weighted by Gasteiger charge is 2.17. The standard InChI is InChI=1S/C17H15Cl3/c18-14-7-8-15(16(19)10-14)17(20)13-6-5-11-3-1-2-4-12(11)9-13/h5-10,17H,1-4H2. The van der Waals surface area contributed by atoms with Gasteiger partial charge in [-0.15, -0.1) is 11.6 Å². The second-order valence-corrected chi connectivity index (χ2v) is 6.54. The maximum Gasteiger partial charge on any atom is 0.0849 e. The van der Waals surface area contributed by atoms with Gasteiger partial charge in [0.05, 0.1) is 5.38 Å². The van der Waals surface area contributed by atoms with Crippen LogP contribution in [0.15, 0.2) is 36.4 Å². The van der Waals surface area contributed by atoms with Gasteiger partial charge in [-0.1, -0.05) is 47.5 Å². The fraction of sp³-hybridized carbons (Fsp3) is 0.294. The largest absolute Gasteiger partial charge is 0.113 e. The van der Waals surface area contributed by atoms with E-state index in [2.05, 4.69) is 18.2 Å². The Kier molecular flexibility index (Phi) is 4.26. The number of fused-ring (bicyclic) bond motifs is 1. The Balaban J connectivity index is 1.95. The molecule has 0 N–H and O–H groups in total. The molecule has 1 unspecified atom stereocenters. The third-order valence-corrected chi connectivity index (χ3v) is 4.95. The number of aryl methyl sites for hydroxylation is 2. The number of halogens is 3. The number of hydrogen-bond acceptors (Lipinski definition) is 0. The van der Waals surface area contributed by atoms with E-state index in [9.17, 15) is 0 Å². The normalized spacial score (nSPS) is 15.8. The first-order valence-electron chi connectivity index (χ1n) is 6.86. The van der Waals surface area contributed by atoms with Crippen LogP contribution >= 0.6 is 34.8 Å². The summed E-state index contributed by atoms with van der Waals surface area (Å²) in [6.45, 7) is 0. The van der Waals surface area contributed by atoms with Crippen molar-refractivity contribution in [1.82, 2.24) is 0 Å². The number of rotatable bonds is 2. The Morgan fingerprint density at radius 3 is 2.35 bits per heavy atom. The second kappa shape index (κ2) is 5.97. The van der Waals surface area contributed by atoms with Gasteiger partial charge in [0.15, 0.2) is 0 Å². The molecule has 0 fully saturated rings. The van der Waals surface area contributed by atoms with Gasteiger partial charge in [0.25, 0.3) is 0 Å². The molecule has 0 nitrogen and oxygen atoms in total. The van der Waals surface area contributed by atoms with Crippen molar-refractivity contribution >= 4 is 34.8 Å². The summed E-state index contributed by atoms with van der Waals surface area (Å²) in [5, 5.41) is 1.02. The molecule has 0 saturated carbocycles. The van der Waals surface area contributed by atoms with Gasteiger partial charge in [-0.3, -0.25) is 0 Å². The van der Waals surface area contributed by atoms with Crippen molar-refractivity contribution in [3.63, 3.8) is 0 Å². The van der Waals surface area contributed by atoms with Gasteiger partial charge in [0.1, 0.15) is 0 Å². The topological polar surface area (TPSA) is 0 Å². The van der Waals surface area contributed by atoms with Crippen molar-refractivity contribution in [2.45, 2.75) is 31.1 Å². The lowest BCUT2D eigenvalue weighted by molar-refractivity contribution is 0.684. The van der Waals surface area contributed by atoms with Gasteiger partial charge < -0.3 is 0 Å². The third-order valence-electron chi connectivity index (χ3n) is 3.90. The molecular formula is C17H15Cl3. The lowest BCUT2D eigenvalue weighted by atomic mass is 9.89. The van der Waals surface area contributed by atoms with E-state index in [4.69, 9.17) is 34.8 Å². The van der Waals surface area contributed by atoms with Crippen molar-refractivity contribution in [2.24, 2.45) is 0 Å². The molecule has 3 heteroatoms. The van der Waals surface area contributed by atoms with Gasteiger partial charge in [-0.25, -0.2) is 0 Å². The van der Waals surface area contributed by atoms with Gasteiger partial charge in [-0.2, -0.15) is 0 Å². The van der Waals surface area contributed by atoms with Crippen LogP contribution in [0.1, 0.15) is 40.5 Å². The zero-order valence-corrected chi connectivity index (χ0v) is 13.3. The molecule has 0 radical (unpaired) electrons. The fourth-order valence-corrected chi connectivity index (χ4v) is 3.70. The molecule has 0 amide bonds. The van der Waals surface area contributed by atoms with E-state index < -0.39 is 0 Å². The predicted molar refractivity (Wildman–Crippen MR) is 87.2 cm³/mol. The summed E-state index contributed by atoms with van der Waals surface area (Å²) in [5.41, 5.74) is 4.92. The van der Waals surface area contributed by atoms with Crippen molar-refractivity contribution in [3.05, 3.63) is 68.7 Å². The molecule has 104 valence electrons. The Hall–Kier alpha value is -0.690. The average molecular weight is 326 g/mol. The van der Waals surface area contributed by atoms with E-state index >= 15 is 0 Å². The van der Waals surface area contributed by atoms with Gasteiger partial charge >= 0.3 is 0 Å². The quantitative estimate of drug-likeness (QED) is 0.577. The van der Waals surface area contributed by atoms with Crippen LogP contribution in [-0.4, -0.2) is 0 Å². The molecule has 0 aromatic heterocycles. The minimum Gasteiger partial charge on any atom is -0.113 e. The van der Waals surface area contributed by atoms with E-state index in [0.717, 1.165) is 17.5 Å². The molecule has 0 saturated heterocycles. The number of hydrogen-bond donors (Lipinski definition) is 0. The van der Waals surface area contributed by atoms with Gasteiger partial charge in [0.2, 0.25) is 0 Å². The monoisotopic (exact) mass is 324 g/mol. The highest BCUT2D eigenvalue weighted by atomic mass is 35.5. The summed E-state index contributed by atoms with van der Waals surface area (Å²) in [7, 11) is 0. The van der Waals surface area contributed by atoms with Crippen LogP contribution in [0.3, 0.4) is 0 Å². The highest BCUT2D eigenvalue weighted by Crippen LogP contribution is 2.36. The third kappa shape index (κ3) is 2.83. The molecule has 20 heavy (non-hydrogen) atoms. The van der Waals surface area contributed by atoms with Crippen molar-refractivity contribution in [3.8, 4) is 0 Å². The molecule has 2 aromatic rings. The van der Waals surface area contributed by atoms with Crippen molar-refractivity contribution in [1.29, 1.82) is 0 Å². The molecule has 1 atom stereocenters. The summed E-state index contributed by atoms with van der Waals surface area (Å²) < 4.78 is 0. The minimum absolute atomic E-state index is 0.230. The first-order chi connectivity index (χ1) is 9.65. The first-order valence-corrected chi connectivity index (χ1v) is 8.05. The Morgan fingerprint density at radius 2 is 1.60 bits per heavy atom. The van der Waals surface area contributed by atoms with Crippen LogP contribution in [0.5, 0.6) is 0 Å². The summed E-state index contributed by atoms with van der Waals surface area (Å²) in [4.78, 5) is 0. The fourth-order valence-electron chi connectivity index (χ4n) is 2.80. The van der Waals surface area contributed by atoms with E-state index in [1.807, 2.05) is 12.1 Å². The summed E-state index contributed by atoms with van der Waals surface area (Å²) >= 11 is 18.8. The van der Waals surface area contributed by atoms with Crippen LogP contribution in [0.25, 0.3) is 0 Å². The maximum atomic E-state index is 6.60. The Morgan fingerprint density at radius 1 is 0.850 bits per heavy atom. The van der Waals surface area contributed by atoms with E-state index in [1.54, 1.807) is 6.07 Å². The lowest BCUT2D eigenvalue weighted by Crippen LogP contribution is -2.04. The molecule has 1 aliphatic rings. The molecule has 0 bridgehead atoms. The summed E-state index contributed by atoms with van der Waals surface area (Å²) in [5.74, 6) is 0. The first kappa shape index (κ1) is 14.3. The zero-order chi connectivity index (χ0) is 14.1. The molecule has 3 rings (SSSR count). The summed E-state index contributed by atoms with van der Waals surface area (Å²) in [6, 6.07) is 12.0. The molecule has 0 aliphatic heterocycles. The number of benzene rings is 2. The van der Waals surface area contributed by atoms with Crippen molar-refractivity contribution in [2.75, 3.05) is 0 Å². The number of alkyl halides is 1. The minimum atomic E-state index is -0.230. The van der Waals surface area contributed by atoms with Gasteiger partial charge in [0, 0.05) is 10.0 Å². The van der Waals surface area contributed by atoms with Crippen LogP contribution in [0, 0.1) is 0 Å². The predicted octanol–water partition coefficient (Wildman–Crippen LogP) is 6.20. The Labute approximate surface area is 134 Å². The SMILES string of the molecule is Clc1ccc(C(Cl)c2ccc3c(c2)CCCC3)c(Cl)c1. The molecule has 2 aromatic carbocycles. The van der Waals surface area contributed by atoms with Crippen LogP contribution in [0.4, 0.5) is 0 Å². The zero-order valence-electron chi connectivity index (χ0n) is 11.0. The molecule has 0 heterocycles. The second-order valence-electron chi connectivity index (χ2n) is 5.26. The smallest absolute Gasteiger partial charge is 0.0849 e. The highest BCUT2D eigenvalue weighted by molar-refractivity contribution is 6.36. The van der Waals surface area contributed by atoms with Crippen LogP contribution in [-0.2, 0) is 12.8 Å². The Bertz CT molecular complexity index is 634. The van der Waals surface area contributed by atoms with E-state index in [-0.39, 0.29) is 5.38 Å². The lowest BCUT2D eigenvalue weighted by Gasteiger charge is -2.19. The average Bonchev–Trinajstić information content (AvgIpc) is 2.46. The molecule has 0 spiro atoms. The van der Waals surface area contributed by atoms with Crippen molar-refractivity contribution < 1.29 is 0 Å². The summed E-state index contributed by atoms with van der Waals surface area (Å²) in [6.07, 6.45) is 4.90. The maximum absolute atomic E-state index is 6.60. The van der Waals surface area contributed by atoms with Crippen LogP contribution < -0.4 is 0 Å². The van der Waals surface area contributed by atoms with E-state index in [0.29, 0.717) is 10.0 Å². The van der Waals surface area contributed by atoms with E-state index in [1.165, 1.54) is 30.4 Å².